The van der Waals surface area contributed by atoms with Gasteiger partial charge < -0.3 is 0 Å². The minimum absolute atomic E-state index is 0.0953. The first-order chi connectivity index (χ1) is 49.4. The summed E-state index contributed by atoms with van der Waals surface area (Å²) in [4.78, 5) is 0. The highest BCUT2D eigenvalue weighted by Gasteiger charge is 2.28. The van der Waals surface area contributed by atoms with Crippen LogP contribution in [0, 0.1) is 115 Å². The number of hydrogen-bond donors (Lipinski definition) is 0. The molecular weight excluding hydrogens is 1260 g/mol. The molecule has 4 heterocycles. The number of pyridine rings is 4. The zero-order valence-corrected chi connectivity index (χ0v) is 63.6. The van der Waals surface area contributed by atoms with Crippen molar-refractivity contribution in [2.24, 2.45) is 28.2 Å². The monoisotopic (exact) mass is 1350 g/mol. The maximum Gasteiger partial charge on any atom is 0.220 e. The fraction of sp³-hybridized carbons (Fsp3) is 0.196. The Balaban J connectivity index is 0.000000130. The molecule has 0 atom stereocenters. The van der Waals surface area contributed by atoms with Crippen LogP contribution in [0.1, 0.15) is 84.0 Å². The number of halogens is 2. The van der Waals surface area contributed by atoms with Gasteiger partial charge in [0.25, 0.3) is 0 Å². The molecule has 103 heavy (non-hydrogen) atoms. The smallest absolute Gasteiger partial charge is 0.206 e. The highest BCUT2D eigenvalue weighted by molar-refractivity contribution is 6.00. The van der Waals surface area contributed by atoms with Gasteiger partial charge in [0.1, 0.15) is 39.8 Å². The number of aromatic nitrogens is 4. The molecule has 4 aromatic heterocycles. The Morgan fingerprint density at radius 1 is 0.204 bits per heavy atom. The van der Waals surface area contributed by atoms with Crippen LogP contribution < -0.4 is 18.3 Å². The topological polar surface area (TPSA) is 15.5 Å². The Morgan fingerprint density at radius 2 is 0.524 bits per heavy atom. The minimum atomic E-state index is -0.182. The number of nitrogens with zero attached hydrogens (tertiary/aromatic N) is 4. The van der Waals surface area contributed by atoms with Gasteiger partial charge in [-0.05, 0) is 219 Å². The average molecular weight is 1360 g/mol. The van der Waals surface area contributed by atoms with Crippen molar-refractivity contribution in [3.8, 4) is 78.4 Å². The summed E-state index contributed by atoms with van der Waals surface area (Å²) in [5, 5.41) is 10.2. The molecule has 0 spiro atoms. The number of aryl methyl sites for hydroxylation is 8. The van der Waals surface area contributed by atoms with Crippen LogP contribution in [0.25, 0.3) is 122 Å². The van der Waals surface area contributed by atoms with E-state index in [0.29, 0.717) is 11.1 Å². The van der Waals surface area contributed by atoms with Gasteiger partial charge >= 0.3 is 0 Å². The Kier molecular flexibility index (Phi) is 20.8. The van der Waals surface area contributed by atoms with Crippen LogP contribution in [0.5, 0.6) is 0 Å². The summed E-state index contributed by atoms with van der Waals surface area (Å²) in [6.45, 7) is 31.8. The molecule has 0 fully saturated rings. The molecular formula is C97H96F2N4+4. The van der Waals surface area contributed by atoms with Crippen molar-refractivity contribution in [3.05, 3.63) is 332 Å². The molecule has 11 aromatic carbocycles. The first kappa shape index (κ1) is 71.7. The molecule has 15 aromatic rings. The number of benzene rings is 11. The lowest BCUT2D eigenvalue weighted by molar-refractivity contribution is -0.666. The minimum Gasteiger partial charge on any atom is -0.206 e. The largest absolute Gasteiger partial charge is 0.220 e. The highest BCUT2D eigenvalue weighted by atomic mass is 19.1. The van der Waals surface area contributed by atoms with E-state index >= 15 is 0 Å². The van der Waals surface area contributed by atoms with E-state index in [0.717, 1.165) is 44.8 Å². The third-order valence-electron chi connectivity index (χ3n) is 22.4. The van der Waals surface area contributed by atoms with Crippen LogP contribution in [0.3, 0.4) is 0 Å². The van der Waals surface area contributed by atoms with Gasteiger partial charge in [0.05, 0.1) is 38.2 Å². The standard InChI is InChI=1S/C26H26N.C25H23FN.C25H24N.C21H23FN/c1-17-15-22(21-11-7-6-8-12-21)16-25(18(17)2)26-24-14-10-9-13-23(24)19(3)20(4)27(26)5;1-16-14-24(26)23(19-10-6-5-7-11-19)15-22(16)25-21-13-9-8-12-20(21)17(2)18(3)27(25)4;1-17-16-21(20-10-6-5-7-11-20)14-15-22(17)25-24-13-9-8-12-23(24)18(2)19(3)26(25)4;1-12-11-19(13(2)14(3)20(12)22)21-18-10-8-7-9-17(18)15(4)16(5)23(21)6/h6-16H,1-5H3;5-15H,1-4H3;5-16H,1-4H3;7-11H,1-6H3/q4*+1. The predicted octanol–water partition coefficient (Wildman–Crippen LogP) is 23.2. The second-order valence-electron chi connectivity index (χ2n) is 28.2. The van der Waals surface area contributed by atoms with Crippen molar-refractivity contribution in [1.82, 2.24) is 0 Å². The van der Waals surface area contributed by atoms with Crippen LogP contribution in [-0.2, 0) is 28.2 Å². The second-order valence-corrected chi connectivity index (χ2v) is 28.2. The summed E-state index contributed by atoms with van der Waals surface area (Å²) >= 11 is 0. The van der Waals surface area contributed by atoms with E-state index < -0.39 is 0 Å². The van der Waals surface area contributed by atoms with Gasteiger partial charge in [0.2, 0.25) is 22.8 Å². The molecule has 514 valence electrons. The molecule has 0 unspecified atom stereocenters. The summed E-state index contributed by atoms with van der Waals surface area (Å²) in [5.74, 6) is -0.278. The Hall–Kier alpha value is -11.1. The molecule has 0 bridgehead atoms. The van der Waals surface area contributed by atoms with Gasteiger partial charge in [-0.15, -0.1) is 0 Å². The highest BCUT2D eigenvalue weighted by Crippen LogP contribution is 2.40. The first-order valence-corrected chi connectivity index (χ1v) is 35.9. The van der Waals surface area contributed by atoms with E-state index in [2.05, 4.69) is 311 Å². The van der Waals surface area contributed by atoms with Crippen molar-refractivity contribution in [1.29, 1.82) is 0 Å². The van der Waals surface area contributed by atoms with E-state index in [1.54, 1.807) is 6.07 Å². The fourth-order valence-corrected chi connectivity index (χ4v) is 15.3. The Labute approximate surface area is 609 Å². The molecule has 6 heteroatoms. The third-order valence-corrected chi connectivity index (χ3v) is 22.4. The fourth-order valence-electron chi connectivity index (χ4n) is 15.3. The van der Waals surface area contributed by atoms with E-state index in [-0.39, 0.29) is 11.6 Å². The molecule has 0 aliphatic rings. The summed E-state index contributed by atoms with van der Waals surface area (Å²) in [6, 6.07) is 82.5. The third kappa shape index (κ3) is 13.6. The number of hydrogen-bond acceptors (Lipinski definition) is 0. The summed E-state index contributed by atoms with van der Waals surface area (Å²) in [6.07, 6.45) is 0. The molecule has 0 amide bonds. The molecule has 4 nitrogen and oxygen atoms in total. The predicted molar refractivity (Wildman–Crippen MR) is 430 cm³/mol. The molecule has 0 saturated carbocycles. The Bertz CT molecular complexity index is 5790. The summed E-state index contributed by atoms with van der Waals surface area (Å²) in [7, 11) is 8.55. The second kappa shape index (κ2) is 29.9. The van der Waals surface area contributed by atoms with Gasteiger partial charge in [0.15, 0.2) is 22.8 Å². The van der Waals surface area contributed by atoms with Crippen molar-refractivity contribution < 1.29 is 27.0 Å². The van der Waals surface area contributed by atoms with Crippen LogP contribution in [0.2, 0.25) is 0 Å². The van der Waals surface area contributed by atoms with E-state index in [1.807, 2.05) is 70.2 Å². The summed E-state index contributed by atoms with van der Waals surface area (Å²) < 4.78 is 38.2. The first-order valence-electron chi connectivity index (χ1n) is 35.9. The molecule has 0 saturated heterocycles. The Morgan fingerprint density at radius 3 is 0.922 bits per heavy atom. The normalized spacial score (nSPS) is 11.2. The van der Waals surface area contributed by atoms with Crippen LogP contribution in [0.4, 0.5) is 8.78 Å². The quantitative estimate of drug-likeness (QED) is 0.141. The summed E-state index contributed by atoms with van der Waals surface area (Å²) in [5.41, 5.74) is 34.0. The average Bonchev–Trinajstić information content (AvgIpc) is 0.767. The van der Waals surface area contributed by atoms with Gasteiger partial charge in [0, 0.05) is 61.1 Å². The van der Waals surface area contributed by atoms with Crippen LogP contribution in [-0.4, -0.2) is 0 Å². The van der Waals surface area contributed by atoms with Crippen molar-refractivity contribution in [2.75, 3.05) is 0 Å². The molecule has 0 N–H and O–H groups in total. The van der Waals surface area contributed by atoms with Crippen molar-refractivity contribution in [3.63, 3.8) is 0 Å². The lowest BCUT2D eigenvalue weighted by Crippen LogP contribution is -2.36. The molecule has 0 aliphatic heterocycles. The SMILES string of the molecule is Cc1cc(-c2c3ccccc3c(C)c(C)[n+]2C)c(C)c(C)c1F.Cc1cc(-c2ccccc2)cc(-c2c3ccccc3c(C)c(C)[n+]2C)c1C.Cc1cc(-c2ccccc2)ccc1-c1c2ccccc2c(C)c(C)[n+]1C.Cc1cc(F)c(-c2ccccc2)cc1-c1c2ccccc2c(C)c(C)[n+]1C. The zero-order chi connectivity index (χ0) is 73.4. The van der Waals surface area contributed by atoms with Crippen molar-refractivity contribution >= 4 is 43.1 Å². The lowest BCUT2D eigenvalue weighted by Gasteiger charge is -2.15. The van der Waals surface area contributed by atoms with Gasteiger partial charge in [-0.25, -0.2) is 8.78 Å². The maximum atomic E-state index is 14.8. The molecule has 0 radical (unpaired) electrons. The zero-order valence-electron chi connectivity index (χ0n) is 63.6. The molecule has 0 aliphatic carbocycles. The van der Waals surface area contributed by atoms with Gasteiger partial charge in [-0.3, -0.25) is 0 Å². The van der Waals surface area contributed by atoms with Crippen molar-refractivity contribution in [2.45, 2.75) is 104 Å². The molecule has 15 rings (SSSR count). The number of fused-ring (bicyclic) bond motifs is 4. The van der Waals surface area contributed by atoms with E-state index in [1.165, 1.54) is 150 Å². The van der Waals surface area contributed by atoms with Crippen LogP contribution >= 0.6 is 0 Å². The van der Waals surface area contributed by atoms with E-state index in [9.17, 15) is 8.78 Å². The maximum absolute atomic E-state index is 14.8. The van der Waals surface area contributed by atoms with Gasteiger partial charge in [-0.2, -0.15) is 18.3 Å². The van der Waals surface area contributed by atoms with Gasteiger partial charge in [-0.1, -0.05) is 182 Å². The van der Waals surface area contributed by atoms with E-state index in [4.69, 9.17) is 0 Å². The lowest BCUT2D eigenvalue weighted by atomic mass is 9.91. The number of rotatable bonds is 7. The van der Waals surface area contributed by atoms with Crippen LogP contribution in [0.15, 0.2) is 237 Å².